The van der Waals surface area contributed by atoms with Crippen LogP contribution in [0.5, 0.6) is 5.75 Å². The van der Waals surface area contributed by atoms with E-state index in [1.165, 1.54) is 11.4 Å². The minimum atomic E-state index is -3.57. The summed E-state index contributed by atoms with van der Waals surface area (Å²) < 4.78 is 31.1. The molecule has 8 heteroatoms. The molecule has 0 radical (unpaired) electrons. The number of nitrogens with zero attached hydrogens (tertiary/aromatic N) is 2. The van der Waals surface area contributed by atoms with Crippen molar-refractivity contribution in [2.24, 2.45) is 0 Å². The Bertz CT molecular complexity index is 730. The number of aryl methyl sites for hydroxylation is 1. The Balaban J connectivity index is 2.23. The summed E-state index contributed by atoms with van der Waals surface area (Å²) in [7, 11) is -2.10. The summed E-state index contributed by atoms with van der Waals surface area (Å²) in [6, 6.07) is 3.27. The number of anilines is 1. The van der Waals surface area contributed by atoms with Gasteiger partial charge < -0.3 is 9.64 Å². The molecule has 0 aromatic heterocycles. The first-order valence-corrected chi connectivity index (χ1v) is 10.6. The van der Waals surface area contributed by atoms with Crippen molar-refractivity contribution in [2.45, 2.75) is 32.6 Å². The van der Waals surface area contributed by atoms with Crippen LogP contribution in [-0.2, 0) is 14.8 Å². The number of carbonyl (C=O) groups is 1. The molecule has 1 fully saturated rings. The molecule has 1 saturated heterocycles. The standard InChI is InChI=1S/C17H25ClN2O4S/c1-13-11-15(16(24-2)12-14(13)18)20(25(3,22)23)10-7-17(21)19-8-5-4-6-9-19/h11-12H,4-10H2,1-3H3. The molecule has 2 rings (SSSR count). The Hall–Kier alpha value is -1.47. The molecule has 1 aliphatic heterocycles. The second kappa shape index (κ2) is 8.27. The maximum Gasteiger partial charge on any atom is 0.232 e. The third-order valence-corrected chi connectivity index (χ3v) is 5.95. The molecular formula is C17H25ClN2O4S. The summed E-state index contributed by atoms with van der Waals surface area (Å²) in [6.07, 6.45) is 4.41. The molecule has 140 valence electrons. The van der Waals surface area contributed by atoms with Gasteiger partial charge in [0.15, 0.2) is 0 Å². The van der Waals surface area contributed by atoms with Crippen LogP contribution in [0.1, 0.15) is 31.2 Å². The molecule has 0 bridgehead atoms. The number of methoxy groups -OCH3 is 1. The molecule has 1 aromatic rings. The van der Waals surface area contributed by atoms with E-state index in [0.717, 1.165) is 44.2 Å². The Morgan fingerprint density at radius 1 is 1.28 bits per heavy atom. The zero-order chi connectivity index (χ0) is 18.6. The largest absolute Gasteiger partial charge is 0.494 e. The van der Waals surface area contributed by atoms with Gasteiger partial charge in [-0.05, 0) is 37.8 Å². The highest BCUT2D eigenvalue weighted by Crippen LogP contribution is 2.35. The average molecular weight is 389 g/mol. The van der Waals surface area contributed by atoms with Gasteiger partial charge in [0.05, 0.1) is 19.1 Å². The van der Waals surface area contributed by atoms with Gasteiger partial charge in [0.2, 0.25) is 15.9 Å². The van der Waals surface area contributed by atoms with Crippen LogP contribution in [0.3, 0.4) is 0 Å². The number of rotatable bonds is 6. The molecule has 1 aliphatic rings. The number of amides is 1. The van der Waals surface area contributed by atoms with E-state index < -0.39 is 10.0 Å². The first-order valence-electron chi connectivity index (χ1n) is 8.33. The summed E-state index contributed by atoms with van der Waals surface area (Å²) in [4.78, 5) is 14.2. The number of ether oxygens (including phenoxy) is 1. The number of halogens is 1. The van der Waals surface area contributed by atoms with E-state index in [2.05, 4.69) is 0 Å². The van der Waals surface area contributed by atoms with Crippen LogP contribution in [0.25, 0.3) is 0 Å². The normalized spacial score (nSPS) is 15.1. The summed E-state index contributed by atoms with van der Waals surface area (Å²) in [5.41, 5.74) is 1.15. The van der Waals surface area contributed by atoms with E-state index in [9.17, 15) is 13.2 Å². The van der Waals surface area contributed by atoms with Gasteiger partial charge in [-0.1, -0.05) is 11.6 Å². The van der Waals surface area contributed by atoms with E-state index in [0.29, 0.717) is 16.5 Å². The molecule has 25 heavy (non-hydrogen) atoms. The van der Waals surface area contributed by atoms with Gasteiger partial charge in [0.25, 0.3) is 0 Å². The Morgan fingerprint density at radius 2 is 1.92 bits per heavy atom. The van der Waals surface area contributed by atoms with Crippen molar-refractivity contribution in [1.29, 1.82) is 0 Å². The Labute approximate surface area is 154 Å². The number of likely N-dealkylation sites (tertiary alicyclic amines) is 1. The average Bonchev–Trinajstić information content (AvgIpc) is 2.57. The molecule has 1 heterocycles. The molecule has 0 spiro atoms. The number of benzene rings is 1. The van der Waals surface area contributed by atoms with Crippen molar-refractivity contribution < 1.29 is 17.9 Å². The molecule has 1 aromatic carbocycles. The van der Waals surface area contributed by atoms with Crippen LogP contribution in [0.15, 0.2) is 12.1 Å². The SMILES string of the molecule is COc1cc(Cl)c(C)cc1N(CCC(=O)N1CCCCC1)S(C)(=O)=O. The molecule has 1 amide bonds. The van der Waals surface area contributed by atoms with Gasteiger partial charge in [0.1, 0.15) is 5.75 Å². The van der Waals surface area contributed by atoms with Gasteiger partial charge in [-0.25, -0.2) is 8.42 Å². The number of sulfonamides is 1. The van der Waals surface area contributed by atoms with Crippen molar-refractivity contribution in [2.75, 3.05) is 37.3 Å². The second-order valence-electron chi connectivity index (χ2n) is 6.30. The van der Waals surface area contributed by atoms with Crippen LogP contribution >= 0.6 is 11.6 Å². The maximum atomic E-state index is 12.4. The van der Waals surface area contributed by atoms with Gasteiger partial charge in [-0.2, -0.15) is 0 Å². The number of hydrogen-bond acceptors (Lipinski definition) is 4. The van der Waals surface area contributed by atoms with Crippen molar-refractivity contribution in [3.8, 4) is 5.75 Å². The Kier molecular flexibility index (Phi) is 6.57. The third kappa shape index (κ3) is 5.01. The quantitative estimate of drug-likeness (QED) is 0.751. The monoisotopic (exact) mass is 388 g/mol. The summed E-state index contributed by atoms with van der Waals surface area (Å²) in [5.74, 6) is 0.351. The number of piperidine rings is 1. The second-order valence-corrected chi connectivity index (χ2v) is 8.61. The minimum absolute atomic E-state index is 0.0157. The fourth-order valence-electron chi connectivity index (χ4n) is 2.97. The van der Waals surface area contributed by atoms with Gasteiger partial charge in [-0.15, -0.1) is 0 Å². The first kappa shape index (κ1) is 19.8. The zero-order valence-corrected chi connectivity index (χ0v) is 16.5. The van der Waals surface area contributed by atoms with Crippen LogP contribution in [0.2, 0.25) is 5.02 Å². The smallest absolute Gasteiger partial charge is 0.232 e. The van der Waals surface area contributed by atoms with E-state index in [1.807, 2.05) is 4.90 Å². The third-order valence-electron chi connectivity index (χ3n) is 4.37. The van der Waals surface area contributed by atoms with Crippen LogP contribution in [0, 0.1) is 6.92 Å². The van der Waals surface area contributed by atoms with Crippen molar-refractivity contribution >= 4 is 33.2 Å². The lowest BCUT2D eigenvalue weighted by Crippen LogP contribution is -2.39. The van der Waals surface area contributed by atoms with Crippen LogP contribution in [0.4, 0.5) is 5.69 Å². The van der Waals surface area contributed by atoms with Crippen LogP contribution < -0.4 is 9.04 Å². The molecule has 0 N–H and O–H groups in total. The predicted octanol–water partition coefficient (Wildman–Crippen LogP) is 2.83. The predicted molar refractivity (Wildman–Crippen MR) is 100.0 cm³/mol. The molecular weight excluding hydrogens is 364 g/mol. The fraction of sp³-hybridized carbons (Fsp3) is 0.588. The lowest BCUT2D eigenvalue weighted by atomic mass is 10.1. The highest BCUT2D eigenvalue weighted by Gasteiger charge is 2.24. The van der Waals surface area contributed by atoms with E-state index >= 15 is 0 Å². The van der Waals surface area contributed by atoms with Gasteiger partial charge in [-0.3, -0.25) is 9.10 Å². The highest BCUT2D eigenvalue weighted by molar-refractivity contribution is 7.92. The number of hydrogen-bond donors (Lipinski definition) is 0. The van der Waals surface area contributed by atoms with Crippen molar-refractivity contribution in [3.05, 3.63) is 22.7 Å². The summed E-state index contributed by atoms with van der Waals surface area (Å²) in [6.45, 7) is 3.37. The van der Waals surface area contributed by atoms with Crippen molar-refractivity contribution in [3.63, 3.8) is 0 Å². The van der Waals surface area contributed by atoms with E-state index in [4.69, 9.17) is 16.3 Å². The molecule has 6 nitrogen and oxygen atoms in total. The minimum Gasteiger partial charge on any atom is -0.494 e. The van der Waals surface area contributed by atoms with Crippen LogP contribution in [-0.4, -0.2) is 52.2 Å². The molecule has 0 unspecified atom stereocenters. The maximum absolute atomic E-state index is 12.4. The molecule has 0 saturated carbocycles. The fourth-order valence-corrected chi connectivity index (χ4v) is 4.05. The van der Waals surface area contributed by atoms with E-state index in [1.54, 1.807) is 19.1 Å². The lowest BCUT2D eigenvalue weighted by Gasteiger charge is -2.29. The zero-order valence-electron chi connectivity index (χ0n) is 14.9. The van der Waals surface area contributed by atoms with Crippen molar-refractivity contribution in [1.82, 2.24) is 4.90 Å². The van der Waals surface area contributed by atoms with Gasteiger partial charge >= 0.3 is 0 Å². The first-order chi connectivity index (χ1) is 11.7. The summed E-state index contributed by atoms with van der Waals surface area (Å²) >= 11 is 6.10. The van der Waals surface area contributed by atoms with Gasteiger partial charge in [0, 0.05) is 37.1 Å². The topological polar surface area (TPSA) is 66.9 Å². The van der Waals surface area contributed by atoms with E-state index in [-0.39, 0.29) is 18.9 Å². The molecule has 0 atom stereocenters. The lowest BCUT2D eigenvalue weighted by molar-refractivity contribution is -0.131. The molecule has 0 aliphatic carbocycles. The summed E-state index contributed by atoms with van der Waals surface area (Å²) in [5, 5.41) is 0.499. The highest BCUT2D eigenvalue weighted by atomic mass is 35.5. The number of carbonyl (C=O) groups excluding carboxylic acids is 1. The Morgan fingerprint density at radius 3 is 2.48 bits per heavy atom.